The summed E-state index contributed by atoms with van der Waals surface area (Å²) in [5, 5.41) is 9.31. The Balaban J connectivity index is 0. The van der Waals surface area contributed by atoms with Crippen molar-refractivity contribution in [1.82, 2.24) is 39.3 Å². The maximum Gasteiger partial charge on any atom is 1.00 e. The van der Waals surface area contributed by atoms with Crippen molar-refractivity contribution < 1.29 is 123 Å². The minimum absolute atomic E-state index is 0. The van der Waals surface area contributed by atoms with Crippen LogP contribution in [0.5, 0.6) is 0 Å². The molecule has 0 fully saturated rings. The Hall–Kier alpha value is -2.99. The van der Waals surface area contributed by atoms with Crippen LogP contribution in [0.4, 0.5) is 0 Å². The van der Waals surface area contributed by atoms with Crippen LogP contribution in [0.2, 0.25) is 0 Å². The van der Waals surface area contributed by atoms with Gasteiger partial charge in [0.2, 0.25) is 12.8 Å². The summed E-state index contributed by atoms with van der Waals surface area (Å²) in [6, 6.07) is 24.2. The molecule has 0 unspecified atom stereocenters. The van der Waals surface area contributed by atoms with Gasteiger partial charge in [-0.05, 0) is 47.5 Å². The molecule has 0 aliphatic carbocycles. The van der Waals surface area contributed by atoms with Gasteiger partial charge in [-0.25, -0.2) is 37.3 Å². The molecule has 272 valence electrons. The number of hydrogen-bond donors (Lipinski definition) is 0. The summed E-state index contributed by atoms with van der Waals surface area (Å²) in [7, 11) is -3.14. The molecule has 2 amide bonds. The molecular formula is C30H34Cl2Hg2N8O10. The first-order chi connectivity index (χ1) is 23.4. The summed E-state index contributed by atoms with van der Waals surface area (Å²) in [6.07, 6.45) is 9.05. The Morgan fingerprint density at radius 3 is 1.15 bits per heavy atom. The van der Waals surface area contributed by atoms with Crippen molar-refractivity contribution in [2.24, 2.45) is 0 Å². The Kier molecular flexibility index (Phi) is 26.3. The molecule has 5 aromatic rings. The van der Waals surface area contributed by atoms with E-state index in [-0.39, 0.29) is 55.3 Å². The monoisotopic (exact) mass is 1140 g/mol. The Morgan fingerprint density at radius 2 is 0.885 bits per heavy atom. The number of pyridine rings is 2. The molecule has 0 saturated carbocycles. The third kappa shape index (κ3) is 26.7. The van der Waals surface area contributed by atoms with Crippen LogP contribution in [0.1, 0.15) is 11.1 Å². The van der Waals surface area contributed by atoms with Crippen molar-refractivity contribution in [3.05, 3.63) is 109 Å². The van der Waals surface area contributed by atoms with Gasteiger partial charge < -0.3 is 9.80 Å². The molecule has 0 saturated heterocycles. The van der Waals surface area contributed by atoms with Gasteiger partial charge in [-0.15, -0.1) is 20.5 Å². The average molecular weight is 1140 g/mol. The normalized spacial score (nSPS) is 9.92. The van der Waals surface area contributed by atoms with Crippen molar-refractivity contribution in [2.45, 2.75) is 13.1 Å². The molecule has 2 radical (unpaired) electrons. The minimum atomic E-state index is -4.94. The number of carbonyl (C=O) groups is 2. The predicted octanol–water partition coefficient (Wildman–Crippen LogP) is -5.81. The molecule has 5 rings (SSSR count). The van der Waals surface area contributed by atoms with E-state index in [4.69, 9.17) is 37.3 Å². The number of amides is 2. The number of hydrogen-bond acceptors (Lipinski definition) is 14. The van der Waals surface area contributed by atoms with E-state index >= 15 is 0 Å². The van der Waals surface area contributed by atoms with Crippen LogP contribution in [-0.2, 0) is 78.0 Å². The van der Waals surface area contributed by atoms with Gasteiger partial charge in [-0.3, -0.25) is 28.9 Å². The second-order valence-electron chi connectivity index (χ2n) is 9.94. The van der Waals surface area contributed by atoms with Crippen LogP contribution >= 0.6 is 0 Å². The van der Waals surface area contributed by atoms with Crippen molar-refractivity contribution in [1.29, 1.82) is 0 Å². The van der Waals surface area contributed by atoms with Crippen molar-refractivity contribution in [2.75, 3.05) is 28.2 Å². The van der Waals surface area contributed by atoms with Gasteiger partial charge in [0.15, 0.2) is 0 Å². The van der Waals surface area contributed by atoms with Gasteiger partial charge in [0.1, 0.15) is 11.4 Å². The van der Waals surface area contributed by atoms with Crippen LogP contribution in [-0.4, -0.2) is 80.3 Å². The first-order valence-corrected chi connectivity index (χ1v) is 16.3. The molecule has 0 N–H and O–H groups in total. The zero-order valence-electron chi connectivity index (χ0n) is 28.6. The van der Waals surface area contributed by atoms with Crippen LogP contribution in [0.25, 0.3) is 22.8 Å². The molecule has 22 heteroatoms. The topological polar surface area (TPSA) is 287 Å². The summed E-state index contributed by atoms with van der Waals surface area (Å²) in [4.78, 5) is 30.5. The van der Waals surface area contributed by atoms with E-state index < -0.39 is 20.5 Å². The number of carbonyl (C=O) groups excluding carboxylic acids is 2. The van der Waals surface area contributed by atoms with Gasteiger partial charge in [-0.2, -0.15) is 10.2 Å². The van der Waals surface area contributed by atoms with Crippen molar-refractivity contribution in [3.8, 4) is 22.8 Å². The molecule has 0 aliphatic heterocycles. The van der Waals surface area contributed by atoms with E-state index in [1.54, 1.807) is 40.6 Å². The van der Waals surface area contributed by atoms with Crippen LogP contribution in [0, 0.1) is 20.5 Å². The SMILES string of the molecule is CN(C)C=O.CN(C)C=O.[Hg+].[Hg+].[O-][Cl+3]([O-])([O-])[O-].[O-][Cl+3]([O-])([O-])[O-].c1ccc(-c2ccn(Cc3cccc(Cn4ccc(-c5ccccn5)n4)c3)n2)nc1. The average Bonchev–Trinajstić information content (AvgIpc) is 3.71. The van der Waals surface area contributed by atoms with Gasteiger partial charge >= 0.3 is 55.3 Å². The standard InChI is InChI=1S/C24H20N6.2C3H7NO.2ClHO4.2Hg/c1-3-12-25-21(8-1)23-10-14-29(27-23)17-19-6-5-7-20(16-19)18-30-15-11-24(28-30)22-9-2-4-13-26-22;2*1-4(2)3-5;2*2-1(3,4)5;;/h1-16H,17-18H2;2*3H,1-2H3;2*(H,2,3,4,5);;/q;;;;;2*+1/p-2. The second-order valence-corrected chi connectivity index (χ2v) is 11.5. The zero-order valence-corrected chi connectivity index (χ0v) is 41.1. The zero-order chi connectivity index (χ0) is 37.7. The third-order valence-corrected chi connectivity index (χ3v) is 5.24. The van der Waals surface area contributed by atoms with Gasteiger partial charge in [0.05, 0.1) is 24.5 Å². The second kappa shape index (κ2) is 26.7. The molecule has 0 aliphatic rings. The Bertz CT molecular complexity index is 1540. The Labute approximate surface area is 345 Å². The van der Waals surface area contributed by atoms with Gasteiger partial charge in [0.25, 0.3) is 0 Å². The van der Waals surface area contributed by atoms with Crippen LogP contribution in [0.3, 0.4) is 0 Å². The first-order valence-electron chi connectivity index (χ1n) is 13.8. The van der Waals surface area contributed by atoms with Gasteiger partial charge in [0, 0.05) is 53.0 Å². The molecule has 18 nitrogen and oxygen atoms in total. The number of halogens is 2. The molecular weight excluding hydrogens is 1100 g/mol. The smallest absolute Gasteiger partial charge is 0.351 e. The molecule has 1 aromatic carbocycles. The number of nitrogens with zero attached hydrogens (tertiary/aromatic N) is 8. The molecule has 4 heterocycles. The number of benzene rings is 1. The molecule has 0 spiro atoms. The van der Waals surface area contributed by atoms with E-state index in [0.717, 1.165) is 35.6 Å². The van der Waals surface area contributed by atoms with Crippen molar-refractivity contribution in [3.63, 3.8) is 0 Å². The predicted molar refractivity (Wildman–Crippen MR) is 155 cm³/mol. The van der Waals surface area contributed by atoms with Crippen LogP contribution in [0.15, 0.2) is 97.6 Å². The van der Waals surface area contributed by atoms with Gasteiger partial charge in [-0.1, -0.05) is 36.4 Å². The third-order valence-electron chi connectivity index (χ3n) is 5.24. The van der Waals surface area contributed by atoms with E-state index in [2.05, 4.69) is 44.4 Å². The quantitative estimate of drug-likeness (QED) is 0.103. The largest absolute Gasteiger partial charge is 1.00 e. The minimum Gasteiger partial charge on any atom is -0.351 e. The summed E-state index contributed by atoms with van der Waals surface area (Å²) in [5.41, 5.74) is 5.91. The van der Waals surface area contributed by atoms with E-state index in [1.807, 2.05) is 70.3 Å². The first kappa shape index (κ1) is 51.1. The fraction of sp³-hybridized carbons (Fsp3) is 0.200. The molecule has 0 atom stereocenters. The Morgan fingerprint density at radius 1 is 0.558 bits per heavy atom. The number of aromatic nitrogens is 6. The van der Waals surface area contributed by atoms with Crippen molar-refractivity contribution >= 4 is 12.8 Å². The van der Waals surface area contributed by atoms with Crippen LogP contribution < -0.4 is 37.3 Å². The fourth-order valence-electron chi connectivity index (χ4n) is 3.40. The fourth-order valence-corrected chi connectivity index (χ4v) is 3.40. The van der Waals surface area contributed by atoms with E-state index in [0.29, 0.717) is 13.1 Å². The summed E-state index contributed by atoms with van der Waals surface area (Å²) in [5.74, 6) is 0. The maximum absolute atomic E-state index is 9.43. The molecule has 4 aromatic heterocycles. The van der Waals surface area contributed by atoms with E-state index in [1.165, 1.54) is 20.9 Å². The molecule has 52 heavy (non-hydrogen) atoms. The summed E-state index contributed by atoms with van der Waals surface area (Å²) in [6.45, 7) is 1.41. The summed E-state index contributed by atoms with van der Waals surface area (Å²) < 4.78 is 71.8. The van der Waals surface area contributed by atoms with E-state index in [9.17, 15) is 9.59 Å². The number of rotatable bonds is 8. The maximum atomic E-state index is 9.43. The molecule has 0 bridgehead atoms. The summed E-state index contributed by atoms with van der Waals surface area (Å²) >= 11 is 0.